The minimum atomic E-state index is -0.686. The molecule has 26 heavy (non-hydrogen) atoms. The van der Waals surface area contributed by atoms with Gasteiger partial charge in [0.25, 0.3) is 0 Å². The van der Waals surface area contributed by atoms with Crippen LogP contribution in [0, 0.1) is 23.6 Å². The molecular weight excluding hydrogens is 329 g/mol. The number of fused-ring (bicyclic) bond motifs is 1. The first-order valence-corrected chi connectivity index (χ1v) is 8.97. The number of hydrogen-bond donors (Lipinski definition) is 1. The lowest BCUT2D eigenvalue weighted by atomic mass is 10.0. The van der Waals surface area contributed by atoms with Gasteiger partial charge in [-0.25, -0.2) is 4.39 Å². The van der Waals surface area contributed by atoms with Crippen molar-refractivity contribution in [1.29, 1.82) is 0 Å². The van der Waals surface area contributed by atoms with Gasteiger partial charge in [-0.05, 0) is 67.3 Å². The first-order chi connectivity index (χ1) is 12.6. The molecule has 4 heteroatoms. The Balaban J connectivity index is 1.52. The van der Waals surface area contributed by atoms with Crippen molar-refractivity contribution in [2.75, 3.05) is 13.1 Å². The topological polar surface area (TPSA) is 40.5 Å². The van der Waals surface area contributed by atoms with E-state index in [1.165, 1.54) is 23.3 Å². The van der Waals surface area contributed by atoms with Gasteiger partial charge in [0, 0.05) is 23.7 Å². The summed E-state index contributed by atoms with van der Waals surface area (Å²) in [5.74, 6) is 4.92. The number of likely N-dealkylation sites (tertiary alicyclic amines) is 1. The van der Waals surface area contributed by atoms with Crippen LogP contribution in [0.3, 0.4) is 0 Å². The van der Waals surface area contributed by atoms with Crippen molar-refractivity contribution in [3.8, 4) is 11.8 Å². The summed E-state index contributed by atoms with van der Waals surface area (Å²) in [6, 6.07) is 12.9. The van der Waals surface area contributed by atoms with Crippen LogP contribution in [-0.2, 0) is 11.2 Å². The van der Waals surface area contributed by atoms with Crippen LogP contribution in [0.1, 0.15) is 41.1 Å². The van der Waals surface area contributed by atoms with E-state index in [4.69, 9.17) is 0 Å². The Hall–Kier alpha value is -2.64. The van der Waals surface area contributed by atoms with Crippen molar-refractivity contribution in [3.63, 3.8) is 0 Å². The molecule has 2 aromatic carbocycles. The van der Waals surface area contributed by atoms with Gasteiger partial charge in [-0.2, -0.15) is 0 Å². The van der Waals surface area contributed by atoms with E-state index in [9.17, 15) is 14.3 Å². The van der Waals surface area contributed by atoms with Crippen LogP contribution in [0.15, 0.2) is 42.5 Å². The smallest absolute Gasteiger partial charge is 0.307 e. The lowest BCUT2D eigenvalue weighted by molar-refractivity contribution is -0.141. The molecule has 1 aliphatic carbocycles. The molecule has 0 saturated carbocycles. The third kappa shape index (κ3) is 3.36. The summed E-state index contributed by atoms with van der Waals surface area (Å²) in [5, 5.41) is 9.21. The number of aryl methyl sites for hydroxylation is 1. The van der Waals surface area contributed by atoms with Crippen molar-refractivity contribution in [2.24, 2.45) is 5.92 Å². The van der Waals surface area contributed by atoms with E-state index in [1.807, 2.05) is 6.07 Å². The summed E-state index contributed by atoms with van der Waals surface area (Å²) in [4.78, 5) is 13.5. The van der Waals surface area contributed by atoms with Gasteiger partial charge in [0.15, 0.2) is 0 Å². The Morgan fingerprint density at radius 2 is 1.92 bits per heavy atom. The fourth-order valence-electron chi connectivity index (χ4n) is 4.03. The summed E-state index contributed by atoms with van der Waals surface area (Å²) in [6.07, 6.45) is 2.75. The second-order valence-electron chi connectivity index (χ2n) is 7.05. The molecule has 2 aliphatic rings. The highest BCUT2D eigenvalue weighted by Gasteiger charge is 2.35. The first-order valence-electron chi connectivity index (χ1n) is 8.97. The van der Waals surface area contributed by atoms with Crippen LogP contribution < -0.4 is 0 Å². The van der Waals surface area contributed by atoms with Gasteiger partial charge in [0.1, 0.15) is 5.82 Å². The second-order valence-corrected chi connectivity index (χ2v) is 7.05. The van der Waals surface area contributed by atoms with Gasteiger partial charge in [-0.3, -0.25) is 9.69 Å². The molecule has 1 fully saturated rings. The van der Waals surface area contributed by atoms with Crippen LogP contribution in [0.25, 0.3) is 0 Å². The monoisotopic (exact) mass is 349 g/mol. The minimum absolute atomic E-state index is 0.240. The van der Waals surface area contributed by atoms with Crippen LogP contribution in [0.4, 0.5) is 4.39 Å². The summed E-state index contributed by atoms with van der Waals surface area (Å²) >= 11 is 0. The van der Waals surface area contributed by atoms with E-state index in [2.05, 4.69) is 28.9 Å². The second kappa shape index (κ2) is 6.93. The number of nitrogens with zero attached hydrogens (tertiary/aromatic N) is 1. The predicted molar refractivity (Wildman–Crippen MR) is 97.2 cm³/mol. The molecule has 1 N–H and O–H groups in total. The zero-order valence-electron chi connectivity index (χ0n) is 14.4. The van der Waals surface area contributed by atoms with Crippen molar-refractivity contribution in [2.45, 2.75) is 25.3 Å². The third-order valence-electron chi connectivity index (χ3n) is 5.37. The SMILES string of the molecule is O=C(O)[C@@H]1CCN(C2CCc3cc(C#Cc4cccc(F)c4)ccc32)C1. The van der Waals surface area contributed by atoms with Gasteiger partial charge in [0.2, 0.25) is 0 Å². The molecule has 0 bridgehead atoms. The van der Waals surface area contributed by atoms with Crippen molar-refractivity contribution < 1.29 is 14.3 Å². The maximum absolute atomic E-state index is 13.2. The minimum Gasteiger partial charge on any atom is -0.481 e. The molecule has 0 spiro atoms. The predicted octanol–water partition coefficient (Wildman–Crippen LogP) is 3.62. The quantitative estimate of drug-likeness (QED) is 0.842. The molecule has 0 amide bonds. The number of hydrogen-bond acceptors (Lipinski definition) is 2. The van der Waals surface area contributed by atoms with E-state index in [0.29, 0.717) is 18.2 Å². The number of aliphatic carboxylic acids is 1. The maximum atomic E-state index is 13.2. The molecule has 1 heterocycles. The maximum Gasteiger partial charge on any atom is 0.307 e. The molecule has 132 valence electrons. The van der Waals surface area contributed by atoms with E-state index < -0.39 is 5.97 Å². The average molecular weight is 349 g/mol. The molecule has 1 unspecified atom stereocenters. The highest BCUT2D eigenvalue weighted by molar-refractivity contribution is 5.70. The average Bonchev–Trinajstić information content (AvgIpc) is 3.26. The zero-order valence-corrected chi connectivity index (χ0v) is 14.4. The number of carboxylic acids is 1. The number of carbonyl (C=O) groups is 1. The van der Waals surface area contributed by atoms with Crippen LogP contribution >= 0.6 is 0 Å². The third-order valence-corrected chi connectivity index (χ3v) is 5.37. The number of rotatable bonds is 2. The Kier molecular flexibility index (Phi) is 4.48. The molecule has 2 aromatic rings. The van der Waals surface area contributed by atoms with Gasteiger partial charge in [0.05, 0.1) is 5.92 Å². The summed E-state index contributed by atoms with van der Waals surface area (Å²) in [7, 11) is 0. The fourth-order valence-corrected chi connectivity index (χ4v) is 4.03. The molecule has 0 radical (unpaired) electrons. The van der Waals surface area contributed by atoms with Gasteiger partial charge in [-0.15, -0.1) is 0 Å². The Labute approximate surface area is 152 Å². The Morgan fingerprint density at radius 3 is 2.65 bits per heavy atom. The molecule has 0 aromatic heterocycles. The van der Waals surface area contributed by atoms with Crippen LogP contribution in [-0.4, -0.2) is 29.1 Å². The standard InChI is InChI=1S/C22H20FNO2/c23-19-3-1-2-15(13-19)4-5-16-6-8-20-17(12-16)7-9-21(20)24-11-10-18(14-24)22(25)26/h1-3,6,8,12-13,18,21H,7,9-11,14H2,(H,25,26)/t18-,21?/m1/s1. The lowest BCUT2D eigenvalue weighted by Gasteiger charge is -2.24. The van der Waals surface area contributed by atoms with Gasteiger partial charge >= 0.3 is 5.97 Å². The van der Waals surface area contributed by atoms with E-state index >= 15 is 0 Å². The highest BCUT2D eigenvalue weighted by Crippen LogP contribution is 2.38. The van der Waals surface area contributed by atoms with Crippen molar-refractivity contribution >= 4 is 5.97 Å². The molecule has 3 nitrogen and oxygen atoms in total. The molecule has 4 rings (SSSR count). The van der Waals surface area contributed by atoms with E-state index in [1.54, 1.807) is 12.1 Å². The molecule has 2 atom stereocenters. The number of halogens is 1. The molecule has 1 aliphatic heterocycles. The van der Waals surface area contributed by atoms with Gasteiger partial charge < -0.3 is 5.11 Å². The summed E-state index contributed by atoms with van der Waals surface area (Å²) < 4.78 is 13.2. The summed E-state index contributed by atoms with van der Waals surface area (Å²) in [5.41, 5.74) is 4.19. The molecule has 1 saturated heterocycles. The van der Waals surface area contributed by atoms with E-state index in [0.717, 1.165) is 31.4 Å². The van der Waals surface area contributed by atoms with Crippen molar-refractivity contribution in [1.82, 2.24) is 4.90 Å². The van der Waals surface area contributed by atoms with Crippen LogP contribution in [0.2, 0.25) is 0 Å². The largest absolute Gasteiger partial charge is 0.481 e. The van der Waals surface area contributed by atoms with Crippen LogP contribution in [0.5, 0.6) is 0 Å². The first kappa shape index (κ1) is 16.8. The van der Waals surface area contributed by atoms with Gasteiger partial charge in [-0.1, -0.05) is 24.0 Å². The van der Waals surface area contributed by atoms with E-state index in [-0.39, 0.29) is 11.7 Å². The highest BCUT2D eigenvalue weighted by atomic mass is 19.1. The molecular formula is C22H20FNO2. The normalized spacial score (nSPS) is 21.9. The number of carboxylic acid groups (broad SMARTS) is 1. The zero-order chi connectivity index (χ0) is 18.1. The fraction of sp³-hybridized carbons (Fsp3) is 0.318. The Bertz CT molecular complexity index is 912. The Morgan fingerprint density at radius 1 is 1.12 bits per heavy atom. The lowest BCUT2D eigenvalue weighted by Crippen LogP contribution is -2.26. The number of benzene rings is 2. The summed E-state index contributed by atoms with van der Waals surface area (Å²) in [6.45, 7) is 1.49. The van der Waals surface area contributed by atoms with Crippen molar-refractivity contribution in [3.05, 3.63) is 70.5 Å².